The van der Waals surface area contributed by atoms with Crippen LogP contribution in [0.4, 0.5) is 5.13 Å². The number of hydrogen-bond donors (Lipinski definition) is 0. The van der Waals surface area contributed by atoms with Gasteiger partial charge in [0.05, 0.1) is 45.2 Å². The maximum Gasteiger partial charge on any atom is 0.187 e. The summed E-state index contributed by atoms with van der Waals surface area (Å²) < 4.78 is 13.8. The highest BCUT2D eigenvalue weighted by Gasteiger charge is 2.43. The van der Waals surface area contributed by atoms with Gasteiger partial charge < -0.3 is 14.4 Å². The minimum atomic E-state index is 0.190. The Morgan fingerprint density at radius 2 is 2.14 bits per heavy atom. The highest BCUT2D eigenvalue weighted by Crippen LogP contribution is 2.42. The van der Waals surface area contributed by atoms with Crippen LogP contribution in [0.1, 0.15) is 20.3 Å². The van der Waals surface area contributed by atoms with Crippen molar-refractivity contribution in [2.24, 2.45) is 0 Å². The number of thiazole rings is 1. The minimum absolute atomic E-state index is 0.190. The molecule has 1 aromatic carbocycles. The molecule has 2 aliphatic heterocycles. The zero-order chi connectivity index (χ0) is 14.6. The second-order valence-electron chi connectivity index (χ2n) is 5.88. The van der Waals surface area contributed by atoms with Gasteiger partial charge in [0, 0.05) is 0 Å². The predicted octanol–water partition coefficient (Wildman–Crippen LogP) is 3.67. The first-order valence-corrected chi connectivity index (χ1v) is 9.15. The quantitative estimate of drug-likeness (QED) is 0.716. The van der Waals surface area contributed by atoms with E-state index in [1.165, 1.54) is 14.7 Å². The maximum absolute atomic E-state index is 5.88. The van der Waals surface area contributed by atoms with Gasteiger partial charge in [-0.25, -0.2) is 4.98 Å². The van der Waals surface area contributed by atoms with Gasteiger partial charge in [0.25, 0.3) is 0 Å². The molecule has 6 heteroatoms. The van der Waals surface area contributed by atoms with Crippen LogP contribution in [0.5, 0.6) is 5.75 Å². The van der Waals surface area contributed by atoms with Gasteiger partial charge in [0.2, 0.25) is 0 Å². The standard InChI is InChI=1S/C15H17IN2O2S/c1-8(2)20-12-4-3-11-14(13(12)16)21-15(17-11)18-9-5-10(18)7-19-6-9/h3-4,8-10H,5-7H2,1-2H3. The molecule has 4 nitrogen and oxygen atoms in total. The Labute approximate surface area is 141 Å². The molecule has 0 spiro atoms. The van der Waals surface area contributed by atoms with E-state index in [1.54, 1.807) is 11.3 Å². The van der Waals surface area contributed by atoms with Crippen LogP contribution < -0.4 is 9.64 Å². The van der Waals surface area contributed by atoms with Gasteiger partial charge in [-0.05, 0) is 55.0 Å². The summed E-state index contributed by atoms with van der Waals surface area (Å²) in [6.07, 6.45) is 1.43. The first-order chi connectivity index (χ1) is 10.1. The van der Waals surface area contributed by atoms with Crippen molar-refractivity contribution >= 4 is 49.3 Å². The second-order valence-corrected chi connectivity index (χ2v) is 7.93. The van der Waals surface area contributed by atoms with E-state index < -0.39 is 0 Å². The number of rotatable bonds is 3. The first-order valence-electron chi connectivity index (χ1n) is 7.25. The number of nitrogens with zero attached hydrogens (tertiary/aromatic N) is 2. The van der Waals surface area contributed by atoms with Crippen molar-refractivity contribution in [3.63, 3.8) is 0 Å². The van der Waals surface area contributed by atoms with Crippen molar-refractivity contribution in [3.8, 4) is 5.75 Å². The monoisotopic (exact) mass is 416 g/mol. The number of aromatic nitrogens is 1. The van der Waals surface area contributed by atoms with E-state index in [0.717, 1.165) is 29.6 Å². The van der Waals surface area contributed by atoms with E-state index in [4.69, 9.17) is 14.5 Å². The molecule has 0 radical (unpaired) electrons. The summed E-state index contributed by atoms with van der Waals surface area (Å²) >= 11 is 4.15. The third kappa shape index (κ3) is 2.31. The summed E-state index contributed by atoms with van der Waals surface area (Å²) in [5, 5.41) is 1.13. The van der Waals surface area contributed by atoms with Crippen molar-refractivity contribution in [2.75, 3.05) is 18.1 Å². The molecule has 2 saturated heterocycles. The number of hydrogen-bond acceptors (Lipinski definition) is 5. The largest absolute Gasteiger partial charge is 0.490 e. The molecule has 4 rings (SSSR count). The average Bonchev–Trinajstić information content (AvgIpc) is 2.86. The Kier molecular flexibility index (Phi) is 3.50. The van der Waals surface area contributed by atoms with Crippen LogP contribution in [-0.4, -0.2) is 36.4 Å². The summed E-state index contributed by atoms with van der Waals surface area (Å²) in [5.74, 6) is 0.959. The zero-order valence-corrected chi connectivity index (χ0v) is 15.0. The molecule has 0 N–H and O–H groups in total. The van der Waals surface area contributed by atoms with Gasteiger partial charge in [-0.2, -0.15) is 0 Å². The summed E-state index contributed by atoms with van der Waals surface area (Å²) in [5.41, 5.74) is 1.07. The molecule has 0 saturated carbocycles. The lowest BCUT2D eigenvalue weighted by molar-refractivity contribution is 0.0103. The second kappa shape index (κ2) is 5.24. The predicted molar refractivity (Wildman–Crippen MR) is 93.6 cm³/mol. The molecule has 2 bridgehead atoms. The Bertz CT molecular complexity index is 674. The Morgan fingerprint density at radius 3 is 2.81 bits per heavy atom. The molecule has 2 fully saturated rings. The number of fused-ring (bicyclic) bond motifs is 3. The van der Waals surface area contributed by atoms with Crippen LogP contribution >= 0.6 is 33.9 Å². The van der Waals surface area contributed by atoms with Crippen molar-refractivity contribution < 1.29 is 9.47 Å². The average molecular weight is 416 g/mol. The molecule has 2 atom stereocenters. The fourth-order valence-electron chi connectivity index (χ4n) is 3.04. The van der Waals surface area contributed by atoms with Crippen LogP contribution in [0.25, 0.3) is 10.2 Å². The van der Waals surface area contributed by atoms with E-state index in [2.05, 4.69) is 47.4 Å². The number of benzene rings is 1. The number of morpholine rings is 1. The fraction of sp³-hybridized carbons (Fsp3) is 0.533. The van der Waals surface area contributed by atoms with E-state index in [1.807, 2.05) is 6.07 Å². The van der Waals surface area contributed by atoms with Crippen LogP contribution in [0.2, 0.25) is 0 Å². The summed E-state index contributed by atoms with van der Waals surface area (Å²) in [4.78, 5) is 7.26. The lowest BCUT2D eigenvalue weighted by atomic mass is 9.92. The van der Waals surface area contributed by atoms with Gasteiger partial charge >= 0.3 is 0 Å². The third-order valence-electron chi connectivity index (χ3n) is 3.99. The van der Waals surface area contributed by atoms with Crippen LogP contribution in [0, 0.1) is 3.57 Å². The highest BCUT2D eigenvalue weighted by molar-refractivity contribution is 14.1. The van der Waals surface area contributed by atoms with Gasteiger partial charge in [0.1, 0.15) is 5.75 Å². The molecular formula is C15H17IN2O2S. The van der Waals surface area contributed by atoms with Crippen molar-refractivity contribution in [1.82, 2.24) is 4.98 Å². The third-order valence-corrected chi connectivity index (χ3v) is 6.52. The van der Waals surface area contributed by atoms with Gasteiger partial charge in [-0.3, -0.25) is 0 Å². The summed E-state index contributed by atoms with van der Waals surface area (Å²) in [6, 6.07) is 5.15. The zero-order valence-electron chi connectivity index (χ0n) is 12.0. The van der Waals surface area contributed by atoms with Crippen LogP contribution in [0.3, 0.4) is 0 Å². The molecule has 2 aromatic rings. The number of anilines is 1. The molecule has 0 aliphatic carbocycles. The molecule has 112 valence electrons. The lowest BCUT2D eigenvalue weighted by Crippen LogP contribution is -2.64. The highest BCUT2D eigenvalue weighted by atomic mass is 127. The summed E-state index contributed by atoms with van der Waals surface area (Å²) in [6.45, 7) is 5.79. The van der Waals surface area contributed by atoms with Crippen LogP contribution in [0.15, 0.2) is 12.1 Å². The van der Waals surface area contributed by atoms with Crippen molar-refractivity contribution in [1.29, 1.82) is 0 Å². The van der Waals surface area contributed by atoms with Crippen LogP contribution in [-0.2, 0) is 4.74 Å². The van der Waals surface area contributed by atoms with Gasteiger partial charge in [0.15, 0.2) is 5.13 Å². The van der Waals surface area contributed by atoms with Crippen molar-refractivity contribution in [3.05, 3.63) is 15.7 Å². The number of ether oxygens (including phenoxy) is 2. The Hall–Kier alpha value is -0.600. The van der Waals surface area contributed by atoms with Crippen molar-refractivity contribution in [2.45, 2.75) is 38.5 Å². The molecule has 2 unspecified atom stereocenters. The van der Waals surface area contributed by atoms with Gasteiger partial charge in [-0.1, -0.05) is 11.3 Å². The Balaban J connectivity index is 1.71. The van der Waals surface area contributed by atoms with E-state index in [0.29, 0.717) is 12.1 Å². The minimum Gasteiger partial charge on any atom is -0.490 e. The molecule has 2 aliphatic rings. The molecule has 0 amide bonds. The topological polar surface area (TPSA) is 34.6 Å². The lowest BCUT2D eigenvalue weighted by Gasteiger charge is -2.52. The first kappa shape index (κ1) is 14.0. The summed E-state index contributed by atoms with van der Waals surface area (Å²) in [7, 11) is 0. The van der Waals surface area contributed by atoms with E-state index in [-0.39, 0.29) is 6.10 Å². The maximum atomic E-state index is 5.88. The molecule has 21 heavy (non-hydrogen) atoms. The van der Waals surface area contributed by atoms with Gasteiger partial charge in [-0.15, -0.1) is 0 Å². The number of halogens is 1. The van der Waals surface area contributed by atoms with E-state index in [9.17, 15) is 0 Å². The Morgan fingerprint density at radius 1 is 1.38 bits per heavy atom. The normalized spacial score (nSPS) is 24.5. The molecule has 3 heterocycles. The SMILES string of the molecule is CC(C)Oc1ccc2nc(N3C4COCC3C4)sc2c1I. The fourth-order valence-corrected chi connectivity index (χ4v) is 5.09. The smallest absolute Gasteiger partial charge is 0.187 e. The molecular weight excluding hydrogens is 399 g/mol. The van der Waals surface area contributed by atoms with E-state index >= 15 is 0 Å². The molecule has 1 aromatic heterocycles.